The smallest absolute Gasteiger partial charge is 0.154 e. The molecule has 0 bridgehead atoms. The van der Waals surface area contributed by atoms with Crippen molar-refractivity contribution in [1.82, 2.24) is 0 Å². The summed E-state index contributed by atoms with van der Waals surface area (Å²) in [7, 11) is 3.40. The summed E-state index contributed by atoms with van der Waals surface area (Å²) in [5.74, 6) is 0. The second-order valence-corrected chi connectivity index (χ2v) is 1.47. The van der Waals surface area contributed by atoms with Crippen molar-refractivity contribution >= 4 is 9.03 Å². The van der Waals surface area contributed by atoms with Crippen LogP contribution in [0.25, 0.3) is 0 Å². The molecule has 0 saturated carbocycles. The molecule has 6 heavy (non-hydrogen) atoms. The van der Waals surface area contributed by atoms with E-state index in [2.05, 4.69) is 9.05 Å². The van der Waals surface area contributed by atoms with Crippen molar-refractivity contribution < 1.29 is 30.1 Å². The molecule has 0 rings (SSSR count). The van der Waals surface area contributed by atoms with E-state index >= 15 is 0 Å². The first kappa shape index (κ1) is 10.1. The molecule has 4 heteroatoms. The Morgan fingerprint density at radius 2 is 1.50 bits per heavy atom. The molecule has 0 N–H and O–H groups in total. The number of hydrogen-bond donors (Lipinski definition) is 0. The van der Waals surface area contributed by atoms with Crippen molar-refractivity contribution in [1.29, 1.82) is 0 Å². The van der Waals surface area contributed by atoms with E-state index in [0.717, 1.165) is 0 Å². The van der Waals surface area contributed by atoms with Gasteiger partial charge in [-0.05, 0) is 0 Å². The molecule has 0 atom stereocenters. The van der Waals surface area contributed by atoms with Gasteiger partial charge in [0.25, 0.3) is 0 Å². The zero-order chi connectivity index (χ0) is 4.12. The second-order valence-electron chi connectivity index (χ2n) is 0.492. The molecule has 0 heterocycles. The van der Waals surface area contributed by atoms with E-state index in [9.17, 15) is 0 Å². The normalized spacial score (nSPS) is 7.00. The van der Waals surface area contributed by atoms with Crippen LogP contribution in [0.4, 0.5) is 0 Å². The Labute approximate surface area is 53.8 Å². The van der Waals surface area contributed by atoms with Gasteiger partial charge in [0.15, 0.2) is 9.03 Å². The van der Waals surface area contributed by atoms with Gasteiger partial charge < -0.3 is 9.05 Å². The van der Waals surface area contributed by atoms with E-state index in [1.807, 2.05) is 0 Å². The zero-order valence-electron chi connectivity index (χ0n) is 3.72. The van der Waals surface area contributed by atoms with Gasteiger partial charge in [0.05, 0.1) is 0 Å². The molecule has 0 aromatic heterocycles. The first-order chi connectivity index (χ1) is 2.41. The number of hydrogen-bond acceptors (Lipinski definition) is 2. The van der Waals surface area contributed by atoms with Crippen molar-refractivity contribution in [3.8, 4) is 0 Å². The molecule has 0 aliphatic heterocycles. The predicted molar refractivity (Wildman–Crippen MR) is 22.3 cm³/mol. The maximum absolute atomic E-state index is 4.50. The summed E-state index contributed by atoms with van der Waals surface area (Å²) in [4.78, 5) is 0. The van der Waals surface area contributed by atoms with Crippen molar-refractivity contribution in [3.63, 3.8) is 0 Å². The molecule has 2 nitrogen and oxygen atoms in total. The summed E-state index contributed by atoms with van der Waals surface area (Å²) in [6.07, 6.45) is 0. The summed E-state index contributed by atoms with van der Waals surface area (Å²) in [5, 5.41) is 0. The average molecular weight is 278 g/mol. The fraction of sp³-hybridized carbons (Fsp3) is 1.00. The molecule has 0 spiro atoms. The van der Waals surface area contributed by atoms with E-state index in [-0.39, 0.29) is 30.1 Å². The van der Waals surface area contributed by atoms with Gasteiger partial charge in [-0.25, -0.2) is 0 Å². The fourth-order valence-corrected chi connectivity index (χ4v) is 0.250. The molecular formula is C2H7O2PW. The summed E-state index contributed by atoms with van der Waals surface area (Å²) in [5.41, 5.74) is 0. The Hall–Kier alpha value is 1.04. The van der Waals surface area contributed by atoms with Gasteiger partial charge in [0, 0.05) is 35.3 Å². The van der Waals surface area contributed by atoms with Crippen LogP contribution < -0.4 is 0 Å². The van der Waals surface area contributed by atoms with Crippen LogP contribution in [0, 0.1) is 0 Å². The van der Waals surface area contributed by atoms with Gasteiger partial charge in [0.1, 0.15) is 0 Å². The standard InChI is InChI=1S/C2H7O2P.W/c1-3-5-4-2;/h5H,1-2H3;. The van der Waals surface area contributed by atoms with Gasteiger partial charge in [-0.15, -0.1) is 0 Å². The molecule has 0 aliphatic carbocycles. The quantitative estimate of drug-likeness (QED) is 0.695. The van der Waals surface area contributed by atoms with Crippen molar-refractivity contribution in [2.24, 2.45) is 0 Å². The van der Waals surface area contributed by atoms with Crippen LogP contribution in [-0.2, 0) is 30.1 Å². The van der Waals surface area contributed by atoms with Gasteiger partial charge in [-0.1, -0.05) is 0 Å². The Bertz CT molecular complexity index is 19.0. The van der Waals surface area contributed by atoms with Crippen LogP contribution in [0.3, 0.4) is 0 Å². The van der Waals surface area contributed by atoms with E-state index in [0.29, 0.717) is 0 Å². The summed E-state index contributed by atoms with van der Waals surface area (Å²) in [6, 6.07) is 0. The molecule has 0 aromatic rings. The van der Waals surface area contributed by atoms with E-state index in [1.165, 1.54) is 0 Å². The first-order valence-corrected chi connectivity index (χ1v) is 2.04. The van der Waals surface area contributed by atoms with Gasteiger partial charge in [-0.2, -0.15) is 0 Å². The van der Waals surface area contributed by atoms with Crippen molar-refractivity contribution in [2.75, 3.05) is 14.2 Å². The molecule has 0 aromatic carbocycles. The van der Waals surface area contributed by atoms with Crippen LogP contribution in [0.2, 0.25) is 0 Å². The molecule has 0 unspecified atom stereocenters. The molecule has 38 valence electrons. The minimum atomic E-state index is 0. The topological polar surface area (TPSA) is 18.5 Å². The average Bonchev–Trinajstić information content (AvgIpc) is 1.41. The monoisotopic (exact) mass is 278 g/mol. The Kier molecular flexibility index (Phi) is 15.8. The maximum Gasteiger partial charge on any atom is 0.154 e. The van der Waals surface area contributed by atoms with Gasteiger partial charge in [-0.3, -0.25) is 0 Å². The predicted octanol–water partition coefficient (Wildman–Crippen LogP) is 0.785. The summed E-state index contributed by atoms with van der Waals surface area (Å²) < 4.78 is 8.99. The largest absolute Gasteiger partial charge is 0.340 e. The van der Waals surface area contributed by atoms with E-state index in [4.69, 9.17) is 0 Å². The number of rotatable bonds is 2. The Morgan fingerprint density at radius 1 is 1.17 bits per heavy atom. The first-order valence-electron chi connectivity index (χ1n) is 1.22. The molecule has 0 fully saturated rings. The molecule has 0 saturated heterocycles. The summed E-state index contributed by atoms with van der Waals surface area (Å²) in [6.45, 7) is 0. The third-order valence-electron chi connectivity index (χ3n) is 0.167. The minimum absolute atomic E-state index is 0. The van der Waals surface area contributed by atoms with Crippen LogP contribution in [0.5, 0.6) is 0 Å². The molecule has 0 aliphatic rings. The molecular weight excluding hydrogens is 271 g/mol. The summed E-state index contributed by atoms with van der Waals surface area (Å²) >= 11 is 0. The van der Waals surface area contributed by atoms with Crippen LogP contribution in [0.1, 0.15) is 0 Å². The van der Waals surface area contributed by atoms with Crippen LogP contribution >= 0.6 is 9.03 Å². The third kappa shape index (κ3) is 8.90. The molecule has 0 radical (unpaired) electrons. The van der Waals surface area contributed by atoms with Gasteiger partial charge in [0.2, 0.25) is 0 Å². The van der Waals surface area contributed by atoms with E-state index < -0.39 is 0 Å². The van der Waals surface area contributed by atoms with E-state index in [1.54, 1.807) is 14.2 Å². The fourth-order valence-electron chi connectivity index (χ4n) is 0.0833. The zero-order valence-corrected chi connectivity index (χ0v) is 7.66. The van der Waals surface area contributed by atoms with Crippen LogP contribution in [-0.4, -0.2) is 14.2 Å². The second kappa shape index (κ2) is 9.40. The van der Waals surface area contributed by atoms with Gasteiger partial charge >= 0.3 is 0 Å². The van der Waals surface area contributed by atoms with Crippen molar-refractivity contribution in [2.45, 2.75) is 0 Å². The van der Waals surface area contributed by atoms with Crippen LogP contribution in [0.15, 0.2) is 0 Å². The van der Waals surface area contributed by atoms with Crippen molar-refractivity contribution in [3.05, 3.63) is 0 Å². The Morgan fingerprint density at radius 3 is 1.50 bits per heavy atom. The molecule has 0 amide bonds. The Balaban J connectivity index is 0. The SMILES string of the molecule is COPOC.[W]. The minimum Gasteiger partial charge on any atom is -0.340 e. The third-order valence-corrected chi connectivity index (χ3v) is 0.500. The maximum atomic E-state index is 4.50.